The van der Waals surface area contributed by atoms with Crippen molar-refractivity contribution in [2.75, 3.05) is 18.0 Å². The Kier molecular flexibility index (Phi) is 5.99. The highest BCUT2D eigenvalue weighted by Gasteiger charge is 2.31. The standard InChI is InChI=1S/C21H20BrClN2O3S/c22-16-7-5-15(6-8-16)19-24-20(21(28-19)25-13-3-1-2-4-14-25)29(26,27)18-11-9-17(23)10-12-18/h5-12H,1-4,13-14H2. The number of aromatic nitrogens is 1. The molecule has 0 radical (unpaired) electrons. The predicted molar refractivity (Wildman–Crippen MR) is 117 cm³/mol. The summed E-state index contributed by atoms with van der Waals surface area (Å²) in [7, 11) is -3.86. The largest absolute Gasteiger partial charge is 0.419 e. The number of anilines is 1. The second-order valence-electron chi connectivity index (χ2n) is 6.99. The summed E-state index contributed by atoms with van der Waals surface area (Å²) in [6, 6.07) is 13.6. The third-order valence-electron chi connectivity index (χ3n) is 4.94. The molecule has 8 heteroatoms. The van der Waals surface area contributed by atoms with Crippen molar-refractivity contribution >= 4 is 43.3 Å². The molecule has 2 heterocycles. The number of rotatable bonds is 4. The SMILES string of the molecule is O=S(=O)(c1ccc(Cl)cc1)c1nc(-c2ccc(Br)cc2)oc1N1CCCCCC1. The van der Waals surface area contributed by atoms with Crippen molar-refractivity contribution in [3.05, 3.63) is 58.0 Å². The van der Waals surface area contributed by atoms with Crippen molar-refractivity contribution in [2.45, 2.75) is 35.6 Å². The van der Waals surface area contributed by atoms with E-state index in [-0.39, 0.29) is 9.92 Å². The number of halogens is 2. The fourth-order valence-corrected chi connectivity index (χ4v) is 5.10. The highest BCUT2D eigenvalue weighted by Crippen LogP contribution is 2.36. The Morgan fingerprint density at radius 3 is 2.17 bits per heavy atom. The van der Waals surface area contributed by atoms with Crippen LogP contribution in [-0.4, -0.2) is 26.5 Å². The van der Waals surface area contributed by atoms with Crippen LogP contribution in [0.1, 0.15) is 25.7 Å². The minimum Gasteiger partial charge on any atom is -0.419 e. The van der Waals surface area contributed by atoms with Crippen LogP contribution in [0.4, 0.5) is 5.88 Å². The van der Waals surface area contributed by atoms with Gasteiger partial charge in [-0.25, -0.2) is 8.42 Å². The minimum atomic E-state index is -3.86. The van der Waals surface area contributed by atoms with E-state index in [0.717, 1.165) is 48.8 Å². The summed E-state index contributed by atoms with van der Waals surface area (Å²) in [5, 5.41) is 0.437. The van der Waals surface area contributed by atoms with Crippen LogP contribution in [0.25, 0.3) is 11.5 Å². The van der Waals surface area contributed by atoms with Crippen LogP contribution in [0, 0.1) is 0 Å². The summed E-state index contributed by atoms with van der Waals surface area (Å²) in [6.07, 6.45) is 4.25. The molecule has 0 amide bonds. The second-order valence-corrected chi connectivity index (χ2v) is 10.2. The predicted octanol–water partition coefficient (Wildman–Crippen LogP) is 5.97. The zero-order chi connectivity index (χ0) is 20.4. The van der Waals surface area contributed by atoms with Crippen molar-refractivity contribution in [1.82, 2.24) is 4.98 Å². The first-order valence-corrected chi connectivity index (χ1v) is 12.1. The quantitative estimate of drug-likeness (QED) is 0.446. The van der Waals surface area contributed by atoms with Gasteiger partial charge in [0.25, 0.3) is 0 Å². The van der Waals surface area contributed by atoms with Crippen LogP contribution < -0.4 is 4.90 Å². The molecule has 0 bridgehead atoms. The number of nitrogens with zero attached hydrogens (tertiary/aromatic N) is 2. The molecular formula is C21H20BrClN2O3S. The fourth-order valence-electron chi connectivity index (χ4n) is 3.39. The van der Waals surface area contributed by atoms with Gasteiger partial charge in [-0.3, -0.25) is 0 Å². The minimum absolute atomic E-state index is 0.0420. The lowest BCUT2D eigenvalue weighted by Gasteiger charge is -2.20. The lowest BCUT2D eigenvalue weighted by molar-refractivity contribution is 0.543. The highest BCUT2D eigenvalue weighted by molar-refractivity contribution is 9.10. The summed E-state index contributed by atoms with van der Waals surface area (Å²) in [5.74, 6) is 0.615. The molecule has 2 aromatic carbocycles. The van der Waals surface area contributed by atoms with E-state index in [9.17, 15) is 8.42 Å². The van der Waals surface area contributed by atoms with Gasteiger partial charge >= 0.3 is 0 Å². The number of hydrogen-bond acceptors (Lipinski definition) is 5. The Morgan fingerprint density at radius 1 is 0.931 bits per heavy atom. The molecule has 29 heavy (non-hydrogen) atoms. The monoisotopic (exact) mass is 494 g/mol. The molecule has 0 N–H and O–H groups in total. The molecule has 5 nitrogen and oxygen atoms in total. The summed E-state index contributed by atoms with van der Waals surface area (Å²) in [4.78, 5) is 6.59. The van der Waals surface area contributed by atoms with Gasteiger partial charge in [0.15, 0.2) is 0 Å². The molecule has 1 fully saturated rings. The Bertz CT molecular complexity index is 1090. The molecule has 0 atom stereocenters. The summed E-state index contributed by atoms with van der Waals surface area (Å²) in [5.41, 5.74) is 0.724. The van der Waals surface area contributed by atoms with E-state index in [2.05, 4.69) is 20.9 Å². The molecule has 1 saturated heterocycles. The van der Waals surface area contributed by atoms with Crippen LogP contribution in [0.15, 0.2) is 67.3 Å². The Hall–Kier alpha value is -1.83. The average Bonchev–Trinajstić information content (AvgIpc) is 2.99. The smallest absolute Gasteiger partial charge is 0.236 e. The van der Waals surface area contributed by atoms with Crippen molar-refractivity contribution in [3.63, 3.8) is 0 Å². The van der Waals surface area contributed by atoms with Crippen molar-refractivity contribution in [1.29, 1.82) is 0 Å². The maximum absolute atomic E-state index is 13.4. The topological polar surface area (TPSA) is 63.4 Å². The van der Waals surface area contributed by atoms with E-state index in [1.54, 1.807) is 12.1 Å². The third kappa shape index (κ3) is 4.37. The first-order chi connectivity index (χ1) is 13.9. The highest BCUT2D eigenvalue weighted by atomic mass is 79.9. The number of oxazole rings is 1. The van der Waals surface area contributed by atoms with Crippen LogP contribution in [0.5, 0.6) is 0 Å². The zero-order valence-corrected chi connectivity index (χ0v) is 18.8. The first kappa shape index (κ1) is 20.4. The summed E-state index contributed by atoms with van der Waals surface area (Å²) >= 11 is 9.35. The molecule has 0 aliphatic carbocycles. The van der Waals surface area contributed by atoms with Gasteiger partial charge in [0.1, 0.15) is 0 Å². The lowest BCUT2D eigenvalue weighted by Crippen LogP contribution is -2.25. The third-order valence-corrected chi connectivity index (χ3v) is 7.39. The molecule has 0 spiro atoms. The van der Waals surface area contributed by atoms with Gasteiger partial charge < -0.3 is 9.32 Å². The van der Waals surface area contributed by atoms with Gasteiger partial charge in [-0.1, -0.05) is 40.4 Å². The molecule has 1 aliphatic heterocycles. The summed E-state index contributed by atoms with van der Waals surface area (Å²) < 4.78 is 33.8. The van der Waals surface area contributed by atoms with E-state index in [1.807, 2.05) is 29.2 Å². The molecule has 152 valence electrons. The maximum atomic E-state index is 13.4. The molecular weight excluding hydrogens is 476 g/mol. The Morgan fingerprint density at radius 2 is 1.55 bits per heavy atom. The Balaban J connectivity index is 1.83. The average molecular weight is 496 g/mol. The van der Waals surface area contributed by atoms with Gasteiger partial charge in [0, 0.05) is 28.1 Å². The van der Waals surface area contributed by atoms with Crippen LogP contribution in [0.3, 0.4) is 0 Å². The molecule has 1 aromatic heterocycles. The van der Waals surface area contributed by atoms with Crippen LogP contribution in [0.2, 0.25) is 5.02 Å². The van der Waals surface area contributed by atoms with Gasteiger partial charge in [-0.15, -0.1) is 0 Å². The van der Waals surface area contributed by atoms with E-state index in [0.29, 0.717) is 16.8 Å². The van der Waals surface area contributed by atoms with E-state index in [4.69, 9.17) is 16.0 Å². The number of hydrogen-bond donors (Lipinski definition) is 0. The molecule has 3 aromatic rings. The molecule has 1 aliphatic rings. The van der Waals surface area contributed by atoms with E-state index >= 15 is 0 Å². The van der Waals surface area contributed by atoms with Gasteiger partial charge in [-0.05, 0) is 61.4 Å². The van der Waals surface area contributed by atoms with Crippen LogP contribution in [-0.2, 0) is 9.84 Å². The normalized spacial score (nSPS) is 15.3. The van der Waals surface area contributed by atoms with Crippen molar-refractivity contribution in [3.8, 4) is 11.5 Å². The lowest BCUT2D eigenvalue weighted by atomic mass is 10.2. The Labute approximate surface area is 183 Å². The second kappa shape index (κ2) is 8.50. The van der Waals surface area contributed by atoms with Crippen LogP contribution >= 0.6 is 27.5 Å². The van der Waals surface area contributed by atoms with Gasteiger partial charge in [-0.2, -0.15) is 4.98 Å². The van der Waals surface area contributed by atoms with Crippen molar-refractivity contribution < 1.29 is 12.8 Å². The molecule has 4 rings (SSSR count). The first-order valence-electron chi connectivity index (χ1n) is 9.47. The van der Waals surface area contributed by atoms with Crippen molar-refractivity contribution in [2.24, 2.45) is 0 Å². The summed E-state index contributed by atoms with van der Waals surface area (Å²) in [6.45, 7) is 1.50. The maximum Gasteiger partial charge on any atom is 0.236 e. The van der Waals surface area contributed by atoms with Gasteiger partial charge in [0.05, 0.1) is 4.90 Å². The molecule has 0 unspecified atom stereocenters. The number of benzene rings is 2. The van der Waals surface area contributed by atoms with Gasteiger partial charge in [0.2, 0.25) is 26.6 Å². The molecule has 0 saturated carbocycles. The zero-order valence-electron chi connectivity index (χ0n) is 15.6. The number of sulfone groups is 1. The fraction of sp³-hybridized carbons (Fsp3) is 0.286. The van der Waals surface area contributed by atoms with E-state index in [1.165, 1.54) is 12.1 Å². The van der Waals surface area contributed by atoms with E-state index < -0.39 is 9.84 Å².